The van der Waals surface area contributed by atoms with E-state index in [-0.39, 0.29) is 0 Å². The van der Waals surface area contributed by atoms with Gasteiger partial charge in [0.2, 0.25) is 0 Å². The second-order valence-electron chi connectivity index (χ2n) is 4.43. The molecule has 1 aromatic rings. The monoisotopic (exact) mass is 283 g/mol. The van der Waals surface area contributed by atoms with Gasteiger partial charge in [-0.1, -0.05) is 12.2 Å². The van der Waals surface area contributed by atoms with Gasteiger partial charge in [0.15, 0.2) is 0 Å². The van der Waals surface area contributed by atoms with E-state index in [1.165, 1.54) is 0 Å². The summed E-state index contributed by atoms with van der Waals surface area (Å²) in [6.07, 6.45) is 5.05. The van der Waals surface area contributed by atoms with Crippen molar-refractivity contribution in [3.8, 4) is 0 Å². The van der Waals surface area contributed by atoms with E-state index in [0.29, 0.717) is 11.0 Å². The van der Waals surface area contributed by atoms with Crippen LogP contribution in [-0.4, -0.2) is 35.1 Å². The molecule has 0 saturated carbocycles. The summed E-state index contributed by atoms with van der Waals surface area (Å²) in [5.74, 6) is 2.02. The number of thioether (sulfide) groups is 1. The van der Waals surface area contributed by atoms with E-state index in [1.807, 2.05) is 30.9 Å². The van der Waals surface area contributed by atoms with Crippen LogP contribution in [0.4, 0.5) is 5.82 Å². The summed E-state index contributed by atoms with van der Waals surface area (Å²) in [5.41, 5.74) is 7.79. The van der Waals surface area contributed by atoms with Crippen molar-refractivity contribution in [3.63, 3.8) is 0 Å². The van der Waals surface area contributed by atoms with Gasteiger partial charge in [-0.3, -0.25) is 0 Å². The maximum atomic E-state index is 5.81. The van der Waals surface area contributed by atoms with Gasteiger partial charge in [0.05, 0.1) is 5.56 Å². The predicted molar refractivity (Wildman–Crippen MR) is 85.7 cm³/mol. The quantitative estimate of drug-likeness (QED) is 0.813. The van der Waals surface area contributed by atoms with Crippen LogP contribution in [0.5, 0.6) is 0 Å². The fraction of sp³-hybridized carbons (Fsp3) is 0.538. The Morgan fingerprint density at radius 2 is 2.28 bits per heavy atom. The Morgan fingerprint density at radius 1 is 1.61 bits per heavy atom. The first-order chi connectivity index (χ1) is 8.49. The molecule has 1 unspecified atom stereocenters. The number of pyridine rings is 1. The molecule has 0 saturated heterocycles. The van der Waals surface area contributed by atoms with Crippen molar-refractivity contribution >= 4 is 34.8 Å². The van der Waals surface area contributed by atoms with Crippen molar-refractivity contribution in [3.05, 3.63) is 23.4 Å². The third-order valence-corrected chi connectivity index (χ3v) is 3.97. The molecule has 5 heteroatoms. The van der Waals surface area contributed by atoms with E-state index in [1.54, 1.807) is 0 Å². The molecule has 1 aromatic heterocycles. The van der Waals surface area contributed by atoms with Gasteiger partial charge < -0.3 is 10.6 Å². The van der Waals surface area contributed by atoms with Crippen LogP contribution in [0.15, 0.2) is 12.3 Å². The second kappa shape index (κ2) is 6.95. The molecule has 0 fully saturated rings. The Bertz CT molecular complexity index is 421. The normalized spacial score (nSPS) is 12.2. The van der Waals surface area contributed by atoms with Crippen LogP contribution in [0, 0.1) is 6.92 Å². The molecule has 0 spiro atoms. The van der Waals surface area contributed by atoms with Crippen molar-refractivity contribution in [2.45, 2.75) is 26.3 Å². The highest BCUT2D eigenvalue weighted by atomic mass is 32.2. The Labute approximate surface area is 119 Å². The van der Waals surface area contributed by atoms with Crippen LogP contribution in [0.2, 0.25) is 0 Å². The number of aromatic nitrogens is 1. The molecule has 0 radical (unpaired) electrons. The standard InChI is InChI=1S/C13H21N3S2/c1-9-5-7-15-13(11(9)12(14)17)16(3)10(2)6-8-18-4/h5,7,10H,6,8H2,1-4H3,(H2,14,17). The first-order valence-corrected chi connectivity index (χ1v) is 7.76. The van der Waals surface area contributed by atoms with E-state index in [9.17, 15) is 0 Å². The lowest BCUT2D eigenvalue weighted by Crippen LogP contribution is -2.32. The Hall–Kier alpha value is -0.810. The van der Waals surface area contributed by atoms with E-state index in [4.69, 9.17) is 18.0 Å². The molecule has 18 heavy (non-hydrogen) atoms. The van der Waals surface area contributed by atoms with Gasteiger partial charge in [-0.2, -0.15) is 11.8 Å². The van der Waals surface area contributed by atoms with Crippen LogP contribution in [0.1, 0.15) is 24.5 Å². The topological polar surface area (TPSA) is 42.2 Å². The molecule has 0 aliphatic rings. The Morgan fingerprint density at radius 3 is 2.83 bits per heavy atom. The minimum absolute atomic E-state index is 0.416. The summed E-state index contributed by atoms with van der Waals surface area (Å²) < 4.78 is 0. The summed E-state index contributed by atoms with van der Waals surface area (Å²) in [6, 6.07) is 2.36. The second-order valence-corrected chi connectivity index (χ2v) is 5.86. The summed E-state index contributed by atoms with van der Waals surface area (Å²) in [6.45, 7) is 4.21. The number of rotatable bonds is 6. The first-order valence-electron chi connectivity index (χ1n) is 5.96. The Kier molecular flexibility index (Phi) is 5.88. The maximum Gasteiger partial charge on any atom is 0.139 e. The van der Waals surface area contributed by atoms with Crippen LogP contribution >= 0.6 is 24.0 Å². The zero-order valence-electron chi connectivity index (χ0n) is 11.4. The molecule has 3 nitrogen and oxygen atoms in total. The number of thiocarbonyl (C=S) groups is 1. The van der Waals surface area contributed by atoms with Crippen molar-refractivity contribution in [2.24, 2.45) is 5.73 Å². The minimum atomic E-state index is 0.416. The van der Waals surface area contributed by atoms with E-state index in [0.717, 1.165) is 29.1 Å². The molecule has 1 heterocycles. The number of hydrogen-bond acceptors (Lipinski definition) is 4. The van der Waals surface area contributed by atoms with Crippen LogP contribution in [0.3, 0.4) is 0 Å². The summed E-state index contributed by atoms with van der Waals surface area (Å²) in [7, 11) is 2.05. The molecular weight excluding hydrogens is 262 g/mol. The van der Waals surface area contributed by atoms with E-state index >= 15 is 0 Å². The zero-order chi connectivity index (χ0) is 13.7. The highest BCUT2D eigenvalue weighted by Crippen LogP contribution is 2.22. The van der Waals surface area contributed by atoms with Gasteiger partial charge in [-0.15, -0.1) is 0 Å². The average Bonchev–Trinajstić information content (AvgIpc) is 2.34. The third-order valence-electron chi connectivity index (χ3n) is 3.12. The van der Waals surface area contributed by atoms with E-state index in [2.05, 4.69) is 30.1 Å². The smallest absolute Gasteiger partial charge is 0.139 e. The number of aryl methyl sites for hydroxylation is 1. The Balaban J connectivity index is 3.01. The predicted octanol–water partition coefficient (Wildman–Crippen LogP) is 2.60. The fourth-order valence-corrected chi connectivity index (χ4v) is 2.64. The summed E-state index contributed by atoms with van der Waals surface area (Å²) in [4.78, 5) is 7.02. The molecule has 1 rings (SSSR count). The van der Waals surface area contributed by atoms with E-state index < -0.39 is 0 Å². The molecule has 100 valence electrons. The third kappa shape index (κ3) is 3.59. The van der Waals surface area contributed by atoms with Gasteiger partial charge in [-0.25, -0.2) is 4.98 Å². The fourth-order valence-electron chi connectivity index (χ4n) is 1.81. The van der Waals surface area contributed by atoms with Gasteiger partial charge >= 0.3 is 0 Å². The highest BCUT2D eigenvalue weighted by molar-refractivity contribution is 7.98. The van der Waals surface area contributed by atoms with Gasteiger partial charge in [0.25, 0.3) is 0 Å². The number of nitrogens with two attached hydrogens (primary N) is 1. The lowest BCUT2D eigenvalue weighted by Gasteiger charge is -2.28. The van der Waals surface area contributed by atoms with Crippen LogP contribution < -0.4 is 10.6 Å². The molecule has 0 aromatic carbocycles. The lowest BCUT2D eigenvalue weighted by atomic mass is 10.1. The van der Waals surface area contributed by atoms with Gasteiger partial charge in [-0.05, 0) is 43.9 Å². The molecular formula is C13H21N3S2. The lowest BCUT2D eigenvalue weighted by molar-refractivity contribution is 0.661. The number of nitrogens with zero attached hydrogens (tertiary/aromatic N) is 2. The number of hydrogen-bond donors (Lipinski definition) is 1. The zero-order valence-corrected chi connectivity index (χ0v) is 13.1. The van der Waals surface area contributed by atoms with Crippen molar-refractivity contribution in [1.82, 2.24) is 4.98 Å². The van der Waals surface area contributed by atoms with Crippen LogP contribution in [-0.2, 0) is 0 Å². The van der Waals surface area contributed by atoms with Crippen molar-refractivity contribution in [2.75, 3.05) is 24.0 Å². The molecule has 0 bridgehead atoms. The van der Waals surface area contributed by atoms with Gasteiger partial charge in [0, 0.05) is 19.3 Å². The summed E-state index contributed by atoms with van der Waals surface area (Å²) in [5, 5.41) is 0. The molecule has 0 aliphatic carbocycles. The molecule has 2 N–H and O–H groups in total. The molecule has 0 aliphatic heterocycles. The van der Waals surface area contributed by atoms with Crippen molar-refractivity contribution < 1.29 is 0 Å². The molecule has 1 atom stereocenters. The van der Waals surface area contributed by atoms with Crippen LogP contribution in [0.25, 0.3) is 0 Å². The average molecular weight is 283 g/mol. The summed E-state index contributed by atoms with van der Waals surface area (Å²) >= 11 is 7.00. The first kappa shape index (κ1) is 15.2. The highest BCUT2D eigenvalue weighted by Gasteiger charge is 2.17. The maximum absolute atomic E-state index is 5.81. The SMILES string of the molecule is CSCCC(C)N(C)c1nccc(C)c1C(N)=S. The number of anilines is 1. The minimum Gasteiger partial charge on any atom is -0.389 e. The largest absolute Gasteiger partial charge is 0.389 e. The van der Waals surface area contributed by atoms with Crippen molar-refractivity contribution in [1.29, 1.82) is 0 Å². The molecule has 0 amide bonds. The van der Waals surface area contributed by atoms with Gasteiger partial charge in [0.1, 0.15) is 10.8 Å².